The number of unbranched alkanes of at least 4 members (excludes halogenated alkanes) is 1. The molecule has 0 fully saturated rings. The summed E-state index contributed by atoms with van der Waals surface area (Å²) in [5.74, 6) is 0. The quantitative estimate of drug-likeness (QED) is 0.669. The fourth-order valence-electron chi connectivity index (χ4n) is 0.474. The summed E-state index contributed by atoms with van der Waals surface area (Å²) < 4.78 is 0. The Morgan fingerprint density at radius 2 is 1.75 bits per heavy atom. The van der Waals surface area contributed by atoms with Gasteiger partial charge in [-0.2, -0.15) is 0 Å². The van der Waals surface area contributed by atoms with Crippen molar-refractivity contribution in [2.45, 2.75) is 19.8 Å². The van der Waals surface area contributed by atoms with Crippen LogP contribution in [0, 0.1) is 0 Å². The Morgan fingerprint density at radius 1 is 1.25 bits per heavy atom. The number of halogens is 1. The molecular weight excluding hydrogens is 213 g/mol. The van der Waals surface area contributed by atoms with Crippen LogP contribution < -0.4 is 0 Å². The first-order chi connectivity index (χ1) is 3.27. The van der Waals surface area contributed by atoms with Crippen LogP contribution in [-0.4, -0.2) is 25.5 Å². The van der Waals surface area contributed by atoms with Crippen molar-refractivity contribution >= 4 is 24.0 Å². The summed E-state index contributed by atoms with van der Waals surface area (Å²) in [4.78, 5) is 2.21. The summed E-state index contributed by atoms with van der Waals surface area (Å²) in [6.07, 6.45) is 2.63. The molecule has 0 saturated carbocycles. The van der Waals surface area contributed by atoms with Gasteiger partial charge in [0.15, 0.2) is 0 Å². The lowest BCUT2D eigenvalue weighted by molar-refractivity contribution is 0.398. The fraction of sp³-hybridized carbons (Fsp3) is 1.00. The number of nitrogens with zero attached hydrogens (tertiary/aromatic N) is 1. The summed E-state index contributed by atoms with van der Waals surface area (Å²) in [7, 11) is 4.21. The maximum Gasteiger partial charge on any atom is -0.00249 e. The minimum absolute atomic E-state index is 0. The Labute approximate surface area is 69.5 Å². The molecule has 0 heterocycles. The van der Waals surface area contributed by atoms with Crippen LogP contribution in [0.25, 0.3) is 0 Å². The predicted octanol–water partition coefficient (Wildman–Crippen LogP) is 1.97. The van der Waals surface area contributed by atoms with Gasteiger partial charge in [-0.25, -0.2) is 0 Å². The van der Waals surface area contributed by atoms with Gasteiger partial charge in [-0.15, -0.1) is 24.0 Å². The molecule has 0 radical (unpaired) electrons. The third kappa shape index (κ3) is 9.85. The molecule has 0 aliphatic carbocycles. The van der Waals surface area contributed by atoms with Gasteiger partial charge in [0.2, 0.25) is 0 Å². The molecule has 0 bridgehead atoms. The molecule has 8 heavy (non-hydrogen) atoms. The first-order valence-corrected chi connectivity index (χ1v) is 2.92. The van der Waals surface area contributed by atoms with Crippen molar-refractivity contribution in [3.63, 3.8) is 0 Å². The van der Waals surface area contributed by atoms with Crippen molar-refractivity contribution in [1.82, 2.24) is 4.90 Å². The normalized spacial score (nSPS) is 9.00. The number of rotatable bonds is 3. The van der Waals surface area contributed by atoms with Gasteiger partial charge < -0.3 is 4.90 Å². The molecule has 0 aromatic rings. The highest BCUT2D eigenvalue weighted by atomic mass is 127. The zero-order valence-electron chi connectivity index (χ0n) is 5.98. The summed E-state index contributed by atoms with van der Waals surface area (Å²) in [5, 5.41) is 0. The summed E-state index contributed by atoms with van der Waals surface area (Å²) in [6.45, 7) is 3.44. The molecule has 0 unspecified atom stereocenters. The Morgan fingerprint density at radius 3 is 1.88 bits per heavy atom. The Hall–Kier alpha value is 0.690. The smallest absolute Gasteiger partial charge is 0.00249 e. The molecule has 0 aromatic carbocycles. The van der Waals surface area contributed by atoms with Gasteiger partial charge in [0.1, 0.15) is 0 Å². The lowest BCUT2D eigenvalue weighted by Crippen LogP contribution is -2.12. The van der Waals surface area contributed by atoms with Crippen molar-refractivity contribution in [1.29, 1.82) is 0 Å². The minimum Gasteiger partial charge on any atom is -0.309 e. The second-order valence-corrected chi connectivity index (χ2v) is 2.16. The van der Waals surface area contributed by atoms with Crippen molar-refractivity contribution in [2.24, 2.45) is 0 Å². The van der Waals surface area contributed by atoms with Crippen molar-refractivity contribution in [3.05, 3.63) is 0 Å². The SMILES string of the molecule is CCCCN(C)C.I. The van der Waals surface area contributed by atoms with Crippen LogP contribution in [0.15, 0.2) is 0 Å². The van der Waals surface area contributed by atoms with Crippen LogP contribution in [0.2, 0.25) is 0 Å². The van der Waals surface area contributed by atoms with Crippen LogP contribution in [0.5, 0.6) is 0 Å². The first-order valence-electron chi connectivity index (χ1n) is 2.92. The van der Waals surface area contributed by atoms with Gasteiger partial charge in [0.05, 0.1) is 0 Å². The molecule has 0 saturated heterocycles. The zero-order valence-corrected chi connectivity index (χ0v) is 8.31. The van der Waals surface area contributed by atoms with E-state index in [2.05, 4.69) is 25.9 Å². The largest absolute Gasteiger partial charge is 0.309 e. The molecule has 0 aliphatic heterocycles. The highest BCUT2D eigenvalue weighted by molar-refractivity contribution is 14.0. The summed E-state index contributed by atoms with van der Waals surface area (Å²) in [5.41, 5.74) is 0. The third-order valence-corrected chi connectivity index (χ3v) is 0.959. The minimum atomic E-state index is 0. The van der Waals surface area contributed by atoms with Gasteiger partial charge in [0, 0.05) is 0 Å². The molecule has 0 amide bonds. The van der Waals surface area contributed by atoms with Crippen LogP contribution in [0.4, 0.5) is 0 Å². The maximum absolute atomic E-state index is 2.21. The molecule has 0 spiro atoms. The van der Waals surface area contributed by atoms with E-state index in [4.69, 9.17) is 0 Å². The Balaban J connectivity index is 0. The lowest BCUT2D eigenvalue weighted by Gasteiger charge is -2.05. The molecule has 1 nitrogen and oxygen atoms in total. The molecule has 0 atom stereocenters. The van der Waals surface area contributed by atoms with Gasteiger partial charge in [-0.1, -0.05) is 13.3 Å². The zero-order chi connectivity index (χ0) is 5.70. The molecule has 2 heteroatoms. The average Bonchev–Trinajstić information content (AvgIpc) is 1.61. The molecule has 0 N–H and O–H groups in total. The van der Waals surface area contributed by atoms with Crippen LogP contribution >= 0.6 is 24.0 Å². The fourth-order valence-corrected chi connectivity index (χ4v) is 0.474. The van der Waals surface area contributed by atoms with E-state index in [-0.39, 0.29) is 24.0 Å². The van der Waals surface area contributed by atoms with Crippen LogP contribution in [0.3, 0.4) is 0 Å². The third-order valence-electron chi connectivity index (χ3n) is 0.959. The van der Waals surface area contributed by atoms with Crippen LogP contribution in [0.1, 0.15) is 19.8 Å². The monoisotopic (exact) mass is 229 g/mol. The molecule has 52 valence electrons. The lowest BCUT2D eigenvalue weighted by atomic mass is 10.3. The maximum atomic E-state index is 2.21. The second kappa shape index (κ2) is 7.69. The molecule has 0 aromatic heterocycles. The van der Waals surface area contributed by atoms with E-state index in [1.807, 2.05) is 0 Å². The first kappa shape index (κ1) is 11.5. The van der Waals surface area contributed by atoms with Crippen molar-refractivity contribution in [3.8, 4) is 0 Å². The second-order valence-electron chi connectivity index (χ2n) is 2.16. The Kier molecular flexibility index (Phi) is 11.0. The molecule has 0 rings (SSSR count). The molecular formula is C6H16IN. The summed E-state index contributed by atoms with van der Waals surface area (Å²) in [6, 6.07) is 0. The van der Waals surface area contributed by atoms with Crippen molar-refractivity contribution in [2.75, 3.05) is 20.6 Å². The number of hydrogen-bond acceptors (Lipinski definition) is 1. The van der Waals surface area contributed by atoms with E-state index in [1.165, 1.54) is 19.4 Å². The van der Waals surface area contributed by atoms with E-state index in [0.29, 0.717) is 0 Å². The highest BCUT2D eigenvalue weighted by Gasteiger charge is 1.83. The van der Waals surface area contributed by atoms with Gasteiger partial charge >= 0.3 is 0 Å². The summed E-state index contributed by atoms with van der Waals surface area (Å²) >= 11 is 0. The van der Waals surface area contributed by atoms with E-state index in [0.717, 1.165) is 0 Å². The number of hydrogen-bond donors (Lipinski definition) is 0. The standard InChI is InChI=1S/C6H15N.HI/c1-4-5-6-7(2)3;/h4-6H2,1-3H3;1H. The van der Waals surface area contributed by atoms with Gasteiger partial charge in [0.25, 0.3) is 0 Å². The van der Waals surface area contributed by atoms with Gasteiger partial charge in [-0.05, 0) is 27.1 Å². The van der Waals surface area contributed by atoms with E-state index < -0.39 is 0 Å². The van der Waals surface area contributed by atoms with E-state index >= 15 is 0 Å². The van der Waals surface area contributed by atoms with E-state index in [1.54, 1.807) is 0 Å². The predicted molar refractivity (Wildman–Crippen MR) is 48.9 cm³/mol. The van der Waals surface area contributed by atoms with Crippen molar-refractivity contribution < 1.29 is 0 Å². The van der Waals surface area contributed by atoms with Crippen LogP contribution in [-0.2, 0) is 0 Å². The topological polar surface area (TPSA) is 3.24 Å². The molecule has 0 aliphatic rings. The van der Waals surface area contributed by atoms with E-state index in [9.17, 15) is 0 Å². The van der Waals surface area contributed by atoms with Gasteiger partial charge in [-0.3, -0.25) is 0 Å². The highest BCUT2D eigenvalue weighted by Crippen LogP contribution is 1.86. The Bertz CT molecular complexity index is 37.5. The average molecular weight is 229 g/mol.